The normalized spacial score (nSPS) is 14.3. The Bertz CT molecular complexity index is 1030. The van der Waals surface area contributed by atoms with Crippen molar-refractivity contribution in [1.82, 2.24) is 20.1 Å². The SMILES string of the molecule is COc1ccc(-c2nnc(SCC(=O)NCc3ccc(F)cc3)n2C2CCCCC2)cc1. The summed E-state index contributed by atoms with van der Waals surface area (Å²) in [4.78, 5) is 12.4. The molecule has 0 saturated heterocycles. The minimum Gasteiger partial charge on any atom is -0.497 e. The fraction of sp³-hybridized carbons (Fsp3) is 0.375. The van der Waals surface area contributed by atoms with Crippen LogP contribution in [0.3, 0.4) is 0 Å². The van der Waals surface area contributed by atoms with Crippen LogP contribution in [0.4, 0.5) is 4.39 Å². The Morgan fingerprint density at radius 2 is 1.81 bits per heavy atom. The second kappa shape index (κ2) is 10.6. The quantitative estimate of drug-likeness (QED) is 0.485. The summed E-state index contributed by atoms with van der Waals surface area (Å²) in [5.74, 6) is 1.49. The molecule has 32 heavy (non-hydrogen) atoms. The number of ether oxygens (including phenoxy) is 1. The van der Waals surface area contributed by atoms with Crippen molar-refractivity contribution in [1.29, 1.82) is 0 Å². The molecule has 1 aliphatic rings. The standard InChI is InChI=1S/C24H27FN4O2S/c1-31-21-13-9-18(10-14-21)23-27-28-24(29(23)20-5-3-2-4-6-20)32-16-22(30)26-15-17-7-11-19(25)12-8-17/h7-14,20H,2-6,15-16H2,1H3,(H,26,30). The molecule has 6 nitrogen and oxygen atoms in total. The highest BCUT2D eigenvalue weighted by atomic mass is 32.2. The van der Waals surface area contributed by atoms with Gasteiger partial charge in [0.1, 0.15) is 11.6 Å². The van der Waals surface area contributed by atoms with Gasteiger partial charge in [-0.1, -0.05) is 43.2 Å². The van der Waals surface area contributed by atoms with Crippen molar-refractivity contribution in [2.24, 2.45) is 0 Å². The first kappa shape index (κ1) is 22.3. The maximum absolute atomic E-state index is 13.0. The molecular weight excluding hydrogens is 427 g/mol. The van der Waals surface area contributed by atoms with Crippen molar-refractivity contribution in [2.45, 2.75) is 49.8 Å². The van der Waals surface area contributed by atoms with Crippen LogP contribution in [0.2, 0.25) is 0 Å². The molecule has 8 heteroatoms. The van der Waals surface area contributed by atoms with Crippen LogP contribution in [0.15, 0.2) is 53.7 Å². The summed E-state index contributed by atoms with van der Waals surface area (Å²) < 4.78 is 20.5. The van der Waals surface area contributed by atoms with E-state index in [2.05, 4.69) is 20.1 Å². The van der Waals surface area contributed by atoms with E-state index in [1.165, 1.54) is 43.2 Å². The van der Waals surface area contributed by atoms with E-state index in [4.69, 9.17) is 4.74 Å². The van der Waals surface area contributed by atoms with Gasteiger partial charge in [0, 0.05) is 18.2 Å². The molecule has 0 atom stereocenters. The third-order valence-corrected chi connectivity index (χ3v) is 6.63. The number of carbonyl (C=O) groups excluding carboxylic acids is 1. The van der Waals surface area contributed by atoms with Gasteiger partial charge in [-0.3, -0.25) is 9.36 Å². The molecule has 168 valence electrons. The highest BCUT2D eigenvalue weighted by Crippen LogP contribution is 2.35. The number of hydrogen-bond donors (Lipinski definition) is 1. The highest BCUT2D eigenvalue weighted by molar-refractivity contribution is 7.99. The van der Waals surface area contributed by atoms with Gasteiger partial charge in [0.15, 0.2) is 11.0 Å². The molecule has 0 bridgehead atoms. The van der Waals surface area contributed by atoms with E-state index in [-0.39, 0.29) is 17.5 Å². The van der Waals surface area contributed by atoms with Gasteiger partial charge in [-0.2, -0.15) is 0 Å². The molecule has 1 aromatic heterocycles. The molecule has 1 saturated carbocycles. The highest BCUT2D eigenvalue weighted by Gasteiger charge is 2.24. The fourth-order valence-electron chi connectivity index (χ4n) is 3.96. The molecule has 0 unspecified atom stereocenters. The van der Waals surface area contributed by atoms with Crippen LogP contribution in [0, 0.1) is 5.82 Å². The molecule has 1 aliphatic carbocycles. The van der Waals surface area contributed by atoms with E-state index in [0.29, 0.717) is 12.6 Å². The third kappa shape index (κ3) is 5.48. The van der Waals surface area contributed by atoms with Gasteiger partial charge in [0.05, 0.1) is 12.9 Å². The number of nitrogens with zero attached hydrogens (tertiary/aromatic N) is 3. The van der Waals surface area contributed by atoms with E-state index in [1.54, 1.807) is 19.2 Å². The first-order chi connectivity index (χ1) is 15.6. The van der Waals surface area contributed by atoms with E-state index < -0.39 is 0 Å². The molecule has 1 N–H and O–H groups in total. The molecule has 1 amide bonds. The molecular formula is C24H27FN4O2S. The molecule has 3 aromatic rings. The summed E-state index contributed by atoms with van der Waals surface area (Å²) in [5, 5.41) is 12.6. The van der Waals surface area contributed by atoms with Crippen LogP contribution in [-0.2, 0) is 11.3 Å². The van der Waals surface area contributed by atoms with Crippen LogP contribution < -0.4 is 10.1 Å². The van der Waals surface area contributed by atoms with Gasteiger partial charge in [0.25, 0.3) is 0 Å². The van der Waals surface area contributed by atoms with Crippen LogP contribution in [-0.4, -0.2) is 33.5 Å². The lowest BCUT2D eigenvalue weighted by molar-refractivity contribution is -0.118. The molecule has 0 aliphatic heterocycles. The summed E-state index contributed by atoms with van der Waals surface area (Å²) in [6.07, 6.45) is 5.81. The topological polar surface area (TPSA) is 69.0 Å². The maximum Gasteiger partial charge on any atom is 0.230 e. The minimum atomic E-state index is -0.287. The predicted molar refractivity (Wildman–Crippen MR) is 123 cm³/mol. The molecule has 1 fully saturated rings. The van der Waals surface area contributed by atoms with Crippen molar-refractivity contribution in [3.05, 3.63) is 59.9 Å². The van der Waals surface area contributed by atoms with Crippen LogP contribution in [0.25, 0.3) is 11.4 Å². The Kier molecular flexibility index (Phi) is 7.42. The lowest BCUT2D eigenvalue weighted by Crippen LogP contribution is -2.25. The molecule has 2 aromatic carbocycles. The Morgan fingerprint density at radius 3 is 2.50 bits per heavy atom. The molecule has 0 radical (unpaired) electrons. The lowest BCUT2D eigenvalue weighted by atomic mass is 9.95. The van der Waals surface area contributed by atoms with Gasteiger partial charge in [-0.15, -0.1) is 10.2 Å². The van der Waals surface area contributed by atoms with Crippen molar-refractivity contribution in [3.63, 3.8) is 0 Å². The largest absolute Gasteiger partial charge is 0.497 e. The minimum absolute atomic E-state index is 0.0940. The average Bonchev–Trinajstić information content (AvgIpc) is 3.27. The summed E-state index contributed by atoms with van der Waals surface area (Å²) in [6, 6.07) is 14.3. The summed E-state index contributed by atoms with van der Waals surface area (Å²) in [6.45, 7) is 0.367. The zero-order chi connectivity index (χ0) is 22.3. The Labute approximate surface area is 191 Å². The monoisotopic (exact) mass is 454 g/mol. The lowest BCUT2D eigenvalue weighted by Gasteiger charge is -2.25. The first-order valence-corrected chi connectivity index (χ1v) is 11.9. The number of halogens is 1. The Morgan fingerprint density at radius 1 is 1.09 bits per heavy atom. The number of thioether (sulfide) groups is 1. The van der Waals surface area contributed by atoms with Crippen LogP contribution in [0.1, 0.15) is 43.7 Å². The molecule has 0 spiro atoms. The van der Waals surface area contributed by atoms with Gasteiger partial charge < -0.3 is 10.1 Å². The predicted octanol–water partition coefficient (Wildman–Crippen LogP) is 5.01. The number of benzene rings is 2. The van der Waals surface area contributed by atoms with Gasteiger partial charge in [0.2, 0.25) is 5.91 Å². The van der Waals surface area contributed by atoms with Crippen LogP contribution in [0.5, 0.6) is 5.75 Å². The first-order valence-electron chi connectivity index (χ1n) is 10.9. The van der Waals surface area contributed by atoms with Crippen LogP contribution >= 0.6 is 11.8 Å². The fourth-order valence-corrected chi connectivity index (χ4v) is 4.80. The maximum atomic E-state index is 13.0. The smallest absolute Gasteiger partial charge is 0.230 e. The number of amides is 1. The zero-order valence-corrected chi connectivity index (χ0v) is 18.9. The van der Waals surface area contributed by atoms with Gasteiger partial charge >= 0.3 is 0 Å². The Hall–Kier alpha value is -2.87. The summed E-state index contributed by atoms with van der Waals surface area (Å²) >= 11 is 1.40. The van der Waals surface area contributed by atoms with E-state index in [0.717, 1.165) is 40.7 Å². The summed E-state index contributed by atoms with van der Waals surface area (Å²) in [7, 11) is 1.65. The van der Waals surface area contributed by atoms with Gasteiger partial charge in [-0.05, 0) is 54.8 Å². The number of rotatable bonds is 8. The average molecular weight is 455 g/mol. The van der Waals surface area contributed by atoms with Crippen molar-refractivity contribution in [2.75, 3.05) is 12.9 Å². The summed E-state index contributed by atoms with van der Waals surface area (Å²) in [5.41, 5.74) is 1.84. The zero-order valence-electron chi connectivity index (χ0n) is 18.1. The number of hydrogen-bond acceptors (Lipinski definition) is 5. The third-order valence-electron chi connectivity index (χ3n) is 5.69. The number of aromatic nitrogens is 3. The molecule has 1 heterocycles. The van der Waals surface area contributed by atoms with Crippen molar-refractivity contribution < 1.29 is 13.9 Å². The number of nitrogens with one attached hydrogen (secondary N) is 1. The van der Waals surface area contributed by atoms with Gasteiger partial charge in [-0.25, -0.2) is 4.39 Å². The number of carbonyl (C=O) groups is 1. The van der Waals surface area contributed by atoms with E-state index in [1.807, 2.05) is 24.3 Å². The van der Waals surface area contributed by atoms with Crippen molar-refractivity contribution in [3.8, 4) is 17.1 Å². The second-order valence-electron chi connectivity index (χ2n) is 7.89. The van der Waals surface area contributed by atoms with E-state index >= 15 is 0 Å². The second-order valence-corrected chi connectivity index (χ2v) is 8.83. The number of methoxy groups -OCH3 is 1. The van der Waals surface area contributed by atoms with Crippen molar-refractivity contribution >= 4 is 17.7 Å². The molecule has 4 rings (SSSR count). The van der Waals surface area contributed by atoms with E-state index in [9.17, 15) is 9.18 Å². The Balaban J connectivity index is 1.46.